The first-order chi connectivity index (χ1) is 13.0. The fourth-order valence-corrected chi connectivity index (χ4v) is 3.42. The second-order valence-electron chi connectivity index (χ2n) is 6.09. The first-order valence-corrected chi connectivity index (χ1v) is 9.77. The van der Waals surface area contributed by atoms with Crippen LogP contribution in [-0.2, 0) is 9.53 Å². The van der Waals surface area contributed by atoms with E-state index in [1.54, 1.807) is 12.4 Å². The van der Waals surface area contributed by atoms with Crippen molar-refractivity contribution in [1.29, 1.82) is 0 Å². The molecule has 0 spiro atoms. The summed E-state index contributed by atoms with van der Waals surface area (Å²) in [5.41, 5.74) is 2.63. The highest BCUT2D eigenvalue weighted by molar-refractivity contribution is 7.99. The van der Waals surface area contributed by atoms with Gasteiger partial charge in [0.05, 0.1) is 17.5 Å². The molecule has 3 rings (SSSR count). The molecule has 27 heavy (non-hydrogen) atoms. The Morgan fingerprint density at radius 1 is 1.22 bits per heavy atom. The molecule has 0 saturated heterocycles. The van der Waals surface area contributed by atoms with Crippen LogP contribution in [0.15, 0.2) is 47.9 Å². The third kappa shape index (κ3) is 4.48. The van der Waals surface area contributed by atoms with Gasteiger partial charge in [-0.3, -0.25) is 14.3 Å². The van der Waals surface area contributed by atoms with Crippen LogP contribution in [0.3, 0.4) is 0 Å². The molecule has 0 aliphatic heterocycles. The van der Waals surface area contributed by atoms with E-state index >= 15 is 0 Å². The summed E-state index contributed by atoms with van der Waals surface area (Å²) in [7, 11) is 0. The molecule has 0 aliphatic rings. The maximum Gasteiger partial charge on any atom is 0.316 e. The van der Waals surface area contributed by atoms with Crippen molar-refractivity contribution < 1.29 is 9.53 Å². The lowest BCUT2D eigenvalue weighted by Crippen LogP contribution is -2.13. The van der Waals surface area contributed by atoms with E-state index in [2.05, 4.69) is 15.2 Å². The number of hydrogen-bond acceptors (Lipinski definition) is 6. The van der Waals surface area contributed by atoms with E-state index in [4.69, 9.17) is 16.3 Å². The fourth-order valence-electron chi connectivity index (χ4n) is 2.53. The predicted molar refractivity (Wildman–Crippen MR) is 106 cm³/mol. The van der Waals surface area contributed by atoms with Gasteiger partial charge in [-0.05, 0) is 50.6 Å². The maximum atomic E-state index is 11.9. The highest BCUT2D eigenvalue weighted by Gasteiger charge is 2.19. The molecule has 0 saturated carbocycles. The van der Waals surface area contributed by atoms with Gasteiger partial charge in [0.2, 0.25) is 0 Å². The number of aromatic nitrogens is 4. The molecule has 0 aliphatic carbocycles. The van der Waals surface area contributed by atoms with Crippen molar-refractivity contribution in [3.05, 3.63) is 53.3 Å². The summed E-state index contributed by atoms with van der Waals surface area (Å²) in [4.78, 5) is 16.0. The SMILES string of the molecule is Cc1c(Cl)cccc1-n1c(SCC(=O)OC(C)C)nnc1-c1ccncc1. The number of carbonyl (C=O) groups is 1. The van der Waals surface area contributed by atoms with Crippen molar-refractivity contribution in [3.63, 3.8) is 0 Å². The van der Waals surface area contributed by atoms with E-state index in [1.807, 2.05) is 55.7 Å². The van der Waals surface area contributed by atoms with Crippen LogP contribution >= 0.6 is 23.4 Å². The Labute approximate surface area is 166 Å². The molecular formula is C19H19ClN4O2S. The van der Waals surface area contributed by atoms with E-state index < -0.39 is 0 Å². The molecule has 140 valence electrons. The Bertz CT molecular complexity index is 944. The number of esters is 1. The summed E-state index contributed by atoms with van der Waals surface area (Å²) in [6.45, 7) is 5.58. The van der Waals surface area contributed by atoms with Gasteiger partial charge < -0.3 is 4.74 Å². The zero-order valence-electron chi connectivity index (χ0n) is 15.2. The van der Waals surface area contributed by atoms with E-state index in [-0.39, 0.29) is 17.8 Å². The molecule has 0 atom stereocenters. The van der Waals surface area contributed by atoms with Gasteiger partial charge in [-0.25, -0.2) is 0 Å². The Hall–Kier alpha value is -2.38. The van der Waals surface area contributed by atoms with Crippen LogP contribution in [0.2, 0.25) is 5.02 Å². The Balaban J connectivity index is 2.03. The van der Waals surface area contributed by atoms with Crippen molar-refractivity contribution in [1.82, 2.24) is 19.7 Å². The predicted octanol–water partition coefficient (Wildman–Crippen LogP) is 4.33. The first kappa shape index (κ1) is 19.4. The highest BCUT2D eigenvalue weighted by Crippen LogP contribution is 2.31. The molecule has 0 bridgehead atoms. The monoisotopic (exact) mass is 402 g/mol. The molecule has 0 unspecified atom stereocenters. The number of rotatable bonds is 6. The number of hydrogen-bond donors (Lipinski definition) is 0. The Kier molecular flexibility index (Phi) is 6.13. The van der Waals surface area contributed by atoms with Crippen LogP contribution < -0.4 is 0 Å². The van der Waals surface area contributed by atoms with Crippen molar-refractivity contribution in [2.75, 3.05) is 5.75 Å². The Morgan fingerprint density at radius 3 is 2.67 bits per heavy atom. The van der Waals surface area contributed by atoms with Gasteiger partial charge in [-0.15, -0.1) is 10.2 Å². The van der Waals surface area contributed by atoms with E-state index in [0.29, 0.717) is 16.0 Å². The van der Waals surface area contributed by atoms with Crippen LogP contribution in [0.1, 0.15) is 19.4 Å². The van der Waals surface area contributed by atoms with Gasteiger partial charge in [0.1, 0.15) is 0 Å². The summed E-state index contributed by atoms with van der Waals surface area (Å²) in [6.07, 6.45) is 3.25. The zero-order chi connectivity index (χ0) is 19.4. The molecule has 0 radical (unpaired) electrons. The number of halogens is 1. The number of carbonyl (C=O) groups excluding carboxylic acids is 1. The minimum absolute atomic E-state index is 0.145. The summed E-state index contributed by atoms with van der Waals surface area (Å²) in [6, 6.07) is 9.39. The standard InChI is InChI=1S/C19H19ClN4O2S/c1-12(2)26-17(25)11-27-19-23-22-18(14-7-9-21-10-8-14)24(19)16-6-4-5-15(20)13(16)3/h4-10,12H,11H2,1-3H3. The van der Waals surface area contributed by atoms with Crippen molar-refractivity contribution >= 4 is 29.3 Å². The molecule has 0 amide bonds. The summed E-state index contributed by atoms with van der Waals surface area (Å²) in [5.74, 6) is 0.507. The molecular weight excluding hydrogens is 384 g/mol. The second-order valence-corrected chi connectivity index (χ2v) is 7.44. The van der Waals surface area contributed by atoms with Crippen LogP contribution in [0.4, 0.5) is 0 Å². The van der Waals surface area contributed by atoms with Gasteiger partial charge >= 0.3 is 5.97 Å². The number of pyridine rings is 1. The van der Waals surface area contributed by atoms with Gasteiger partial charge in [-0.2, -0.15) is 0 Å². The van der Waals surface area contributed by atoms with E-state index in [1.165, 1.54) is 11.8 Å². The quantitative estimate of drug-likeness (QED) is 0.451. The molecule has 8 heteroatoms. The largest absolute Gasteiger partial charge is 0.462 e. The summed E-state index contributed by atoms with van der Waals surface area (Å²) in [5, 5.41) is 9.88. The normalized spacial score (nSPS) is 11.0. The Morgan fingerprint density at radius 2 is 1.96 bits per heavy atom. The number of ether oxygens (including phenoxy) is 1. The van der Waals surface area contributed by atoms with Crippen molar-refractivity contribution in [3.8, 4) is 17.1 Å². The molecule has 3 aromatic rings. The van der Waals surface area contributed by atoms with Gasteiger partial charge in [0.15, 0.2) is 11.0 Å². The van der Waals surface area contributed by atoms with Crippen molar-refractivity contribution in [2.24, 2.45) is 0 Å². The third-order valence-electron chi connectivity index (χ3n) is 3.74. The van der Waals surface area contributed by atoms with Crippen LogP contribution in [0.5, 0.6) is 0 Å². The average Bonchev–Trinajstić information content (AvgIpc) is 3.06. The summed E-state index contributed by atoms with van der Waals surface area (Å²) >= 11 is 7.60. The first-order valence-electron chi connectivity index (χ1n) is 8.41. The zero-order valence-corrected chi connectivity index (χ0v) is 16.8. The molecule has 2 aromatic heterocycles. The van der Waals surface area contributed by atoms with E-state index in [9.17, 15) is 4.79 Å². The number of benzene rings is 1. The minimum atomic E-state index is -0.294. The molecule has 1 aromatic carbocycles. The molecule has 6 nitrogen and oxygen atoms in total. The lowest BCUT2D eigenvalue weighted by atomic mass is 10.2. The summed E-state index contributed by atoms with van der Waals surface area (Å²) < 4.78 is 7.11. The molecule has 0 fully saturated rings. The minimum Gasteiger partial charge on any atom is -0.462 e. The number of thioether (sulfide) groups is 1. The van der Waals surface area contributed by atoms with Crippen LogP contribution in [0.25, 0.3) is 17.1 Å². The lowest BCUT2D eigenvalue weighted by Gasteiger charge is -2.14. The number of nitrogens with zero attached hydrogens (tertiary/aromatic N) is 4. The van der Waals surface area contributed by atoms with Crippen LogP contribution in [0, 0.1) is 6.92 Å². The van der Waals surface area contributed by atoms with Gasteiger partial charge in [0.25, 0.3) is 0 Å². The topological polar surface area (TPSA) is 69.9 Å². The fraction of sp³-hybridized carbons (Fsp3) is 0.263. The lowest BCUT2D eigenvalue weighted by molar-refractivity contribution is -0.144. The highest BCUT2D eigenvalue weighted by atomic mass is 35.5. The molecule has 0 N–H and O–H groups in total. The average molecular weight is 403 g/mol. The van der Waals surface area contributed by atoms with Gasteiger partial charge in [-0.1, -0.05) is 29.4 Å². The van der Waals surface area contributed by atoms with Crippen LogP contribution in [-0.4, -0.2) is 37.6 Å². The maximum absolute atomic E-state index is 11.9. The van der Waals surface area contributed by atoms with Crippen molar-refractivity contribution in [2.45, 2.75) is 32.0 Å². The molecule has 2 heterocycles. The van der Waals surface area contributed by atoms with Gasteiger partial charge in [0, 0.05) is 23.0 Å². The second kappa shape index (κ2) is 8.54. The van der Waals surface area contributed by atoms with E-state index in [0.717, 1.165) is 16.8 Å². The third-order valence-corrected chi connectivity index (χ3v) is 5.05. The smallest absolute Gasteiger partial charge is 0.316 e.